The van der Waals surface area contributed by atoms with Crippen molar-refractivity contribution in [3.8, 4) is 0 Å². The summed E-state index contributed by atoms with van der Waals surface area (Å²) in [6.07, 6.45) is 3.01. The van der Waals surface area contributed by atoms with E-state index in [1.807, 2.05) is 0 Å². The van der Waals surface area contributed by atoms with Gasteiger partial charge in [-0.05, 0) is 0 Å². The third kappa shape index (κ3) is 1.61. The summed E-state index contributed by atoms with van der Waals surface area (Å²) in [5, 5.41) is 2.56. The second kappa shape index (κ2) is 4.04. The van der Waals surface area contributed by atoms with Gasteiger partial charge in [-0.15, -0.1) is 0 Å². The van der Waals surface area contributed by atoms with Gasteiger partial charge in [0.05, 0.1) is 37.3 Å². The highest BCUT2D eigenvalue weighted by Gasteiger charge is 2.46. The van der Waals surface area contributed by atoms with Gasteiger partial charge in [-0.2, -0.15) is 0 Å². The Bertz CT molecular complexity index is 462. The zero-order chi connectivity index (χ0) is 12.6. The van der Waals surface area contributed by atoms with E-state index in [2.05, 4.69) is 14.8 Å². The average Bonchev–Trinajstić information content (AvgIpc) is 2.34. The van der Waals surface area contributed by atoms with Crippen molar-refractivity contribution in [3.63, 3.8) is 0 Å². The molecule has 6 heteroatoms. The van der Waals surface area contributed by atoms with E-state index in [-0.39, 0.29) is 17.1 Å². The van der Waals surface area contributed by atoms with Crippen molar-refractivity contribution in [2.45, 2.75) is 6.04 Å². The standard InChI is InChI=1S/C11H11NO5/c1-16-10(14)5-3-4-6-8(12-9(6)13)7(5)11(15)17-2/h3-4,6,8H,1-2H3,(H,12,13). The number of methoxy groups -OCH3 is 2. The smallest absolute Gasteiger partial charge is 0.338 e. The molecule has 1 fully saturated rings. The molecule has 1 N–H and O–H groups in total. The summed E-state index contributed by atoms with van der Waals surface area (Å²) in [4.78, 5) is 34.3. The van der Waals surface area contributed by atoms with E-state index in [1.165, 1.54) is 20.3 Å². The summed E-state index contributed by atoms with van der Waals surface area (Å²) in [6.45, 7) is 0. The van der Waals surface area contributed by atoms with Gasteiger partial charge in [0.15, 0.2) is 0 Å². The van der Waals surface area contributed by atoms with Gasteiger partial charge in [-0.25, -0.2) is 9.59 Å². The first kappa shape index (κ1) is 11.4. The van der Waals surface area contributed by atoms with Crippen LogP contribution in [-0.4, -0.2) is 38.1 Å². The molecule has 0 aromatic rings. The molecule has 1 heterocycles. The molecule has 2 rings (SSSR count). The maximum absolute atomic E-state index is 11.6. The van der Waals surface area contributed by atoms with Gasteiger partial charge in [0.1, 0.15) is 0 Å². The lowest BCUT2D eigenvalue weighted by Gasteiger charge is -2.38. The second-order valence-electron chi connectivity index (χ2n) is 3.68. The molecule has 90 valence electrons. The summed E-state index contributed by atoms with van der Waals surface area (Å²) >= 11 is 0. The van der Waals surface area contributed by atoms with Crippen LogP contribution >= 0.6 is 0 Å². The maximum atomic E-state index is 11.6. The van der Waals surface area contributed by atoms with E-state index in [4.69, 9.17) is 0 Å². The van der Waals surface area contributed by atoms with Gasteiger partial charge in [0.2, 0.25) is 5.91 Å². The van der Waals surface area contributed by atoms with Crippen LogP contribution in [0, 0.1) is 5.92 Å². The van der Waals surface area contributed by atoms with Gasteiger partial charge < -0.3 is 14.8 Å². The minimum Gasteiger partial charge on any atom is -0.466 e. The molecule has 1 amide bonds. The van der Waals surface area contributed by atoms with Crippen molar-refractivity contribution in [2.75, 3.05) is 14.2 Å². The van der Waals surface area contributed by atoms with Crippen molar-refractivity contribution in [1.82, 2.24) is 5.32 Å². The Kier molecular flexibility index (Phi) is 2.71. The summed E-state index contributed by atoms with van der Waals surface area (Å²) in [7, 11) is 2.45. The summed E-state index contributed by atoms with van der Waals surface area (Å²) in [5.41, 5.74) is 0.270. The lowest BCUT2D eigenvalue weighted by molar-refractivity contribution is -0.141. The van der Waals surface area contributed by atoms with Crippen LogP contribution in [0.2, 0.25) is 0 Å². The highest BCUT2D eigenvalue weighted by molar-refractivity contribution is 6.07. The van der Waals surface area contributed by atoms with Crippen LogP contribution in [-0.2, 0) is 23.9 Å². The highest BCUT2D eigenvalue weighted by atomic mass is 16.5. The van der Waals surface area contributed by atoms with Crippen LogP contribution in [0.5, 0.6) is 0 Å². The van der Waals surface area contributed by atoms with Crippen LogP contribution in [0.25, 0.3) is 0 Å². The minimum atomic E-state index is -0.634. The fourth-order valence-corrected chi connectivity index (χ4v) is 1.94. The molecule has 2 unspecified atom stereocenters. The number of β-lactam (4-membered cyclic amide) rings is 1. The Morgan fingerprint density at radius 3 is 2.41 bits per heavy atom. The third-order valence-electron chi connectivity index (χ3n) is 2.84. The van der Waals surface area contributed by atoms with Gasteiger partial charge in [-0.1, -0.05) is 12.2 Å². The Balaban J connectivity index is 2.42. The Morgan fingerprint density at radius 2 is 1.88 bits per heavy atom. The van der Waals surface area contributed by atoms with Crippen molar-refractivity contribution in [3.05, 3.63) is 23.3 Å². The molecule has 6 nitrogen and oxygen atoms in total. The van der Waals surface area contributed by atoms with Crippen molar-refractivity contribution >= 4 is 17.8 Å². The van der Waals surface area contributed by atoms with Crippen LogP contribution in [0.4, 0.5) is 0 Å². The van der Waals surface area contributed by atoms with Crippen LogP contribution in [0.3, 0.4) is 0 Å². The summed E-state index contributed by atoms with van der Waals surface area (Å²) in [6, 6.07) is -0.492. The molecule has 2 aliphatic rings. The van der Waals surface area contributed by atoms with E-state index in [1.54, 1.807) is 6.08 Å². The molecule has 1 aliphatic carbocycles. The largest absolute Gasteiger partial charge is 0.466 e. The minimum absolute atomic E-state index is 0.126. The van der Waals surface area contributed by atoms with Crippen LogP contribution < -0.4 is 5.32 Å². The van der Waals surface area contributed by atoms with Crippen LogP contribution in [0.1, 0.15) is 0 Å². The third-order valence-corrected chi connectivity index (χ3v) is 2.84. The SMILES string of the molecule is COC(=O)C1=C(C(=O)OC)C2NC(=O)C2C=C1. The number of nitrogens with one attached hydrogen (secondary N) is 1. The van der Waals surface area contributed by atoms with Crippen molar-refractivity contribution < 1.29 is 23.9 Å². The maximum Gasteiger partial charge on any atom is 0.338 e. The molecule has 1 saturated heterocycles. The Morgan fingerprint density at radius 1 is 1.24 bits per heavy atom. The van der Waals surface area contributed by atoms with Gasteiger partial charge in [-0.3, -0.25) is 4.79 Å². The number of fused-ring (bicyclic) bond motifs is 1. The van der Waals surface area contributed by atoms with E-state index >= 15 is 0 Å². The van der Waals surface area contributed by atoms with E-state index in [0.29, 0.717) is 0 Å². The molecule has 1 aliphatic heterocycles. The lowest BCUT2D eigenvalue weighted by Crippen LogP contribution is -2.60. The first-order valence-corrected chi connectivity index (χ1v) is 4.99. The predicted octanol–water partition coefficient (Wildman–Crippen LogP) is -0.687. The molecule has 0 aromatic carbocycles. The molecule has 0 bridgehead atoms. The average molecular weight is 237 g/mol. The highest BCUT2D eigenvalue weighted by Crippen LogP contribution is 2.31. The van der Waals surface area contributed by atoms with Crippen LogP contribution in [0.15, 0.2) is 23.3 Å². The van der Waals surface area contributed by atoms with Gasteiger partial charge in [0, 0.05) is 0 Å². The molecular weight excluding hydrogens is 226 g/mol. The predicted molar refractivity (Wildman–Crippen MR) is 55.6 cm³/mol. The molecule has 0 spiro atoms. The number of ether oxygens (including phenoxy) is 2. The van der Waals surface area contributed by atoms with Crippen molar-refractivity contribution in [1.29, 1.82) is 0 Å². The van der Waals surface area contributed by atoms with E-state index in [9.17, 15) is 14.4 Å². The van der Waals surface area contributed by atoms with Gasteiger partial charge in [0.25, 0.3) is 0 Å². The number of esters is 2. The molecule has 0 aromatic heterocycles. The topological polar surface area (TPSA) is 81.7 Å². The monoisotopic (exact) mass is 237 g/mol. The molecule has 0 saturated carbocycles. The summed E-state index contributed by atoms with van der Waals surface area (Å²) in [5.74, 6) is -1.83. The molecule has 17 heavy (non-hydrogen) atoms. The first-order valence-electron chi connectivity index (χ1n) is 4.99. The molecular formula is C11H11NO5. The number of carbonyl (C=O) groups is 3. The van der Waals surface area contributed by atoms with Gasteiger partial charge >= 0.3 is 11.9 Å². The quantitative estimate of drug-likeness (QED) is 0.508. The zero-order valence-corrected chi connectivity index (χ0v) is 9.35. The lowest BCUT2D eigenvalue weighted by atomic mass is 9.78. The second-order valence-corrected chi connectivity index (χ2v) is 3.68. The Hall–Kier alpha value is -2.11. The number of hydrogen-bond donors (Lipinski definition) is 1. The first-order chi connectivity index (χ1) is 8.10. The normalized spacial score (nSPS) is 25.6. The van der Waals surface area contributed by atoms with Crippen molar-refractivity contribution in [2.24, 2.45) is 5.92 Å². The number of hydrogen-bond acceptors (Lipinski definition) is 5. The molecule has 2 atom stereocenters. The number of carbonyl (C=O) groups excluding carboxylic acids is 3. The molecule has 0 radical (unpaired) electrons. The zero-order valence-electron chi connectivity index (χ0n) is 9.35. The fraction of sp³-hybridized carbons (Fsp3) is 0.364. The van der Waals surface area contributed by atoms with E-state index < -0.39 is 23.9 Å². The number of rotatable bonds is 2. The number of amides is 1. The summed E-state index contributed by atoms with van der Waals surface area (Å²) < 4.78 is 9.19. The van der Waals surface area contributed by atoms with E-state index in [0.717, 1.165) is 0 Å². The fourth-order valence-electron chi connectivity index (χ4n) is 1.94. The Labute approximate surface area is 97.3 Å².